The fourth-order valence-electron chi connectivity index (χ4n) is 1.75. The van der Waals surface area contributed by atoms with Crippen LogP contribution in [-0.4, -0.2) is 50.2 Å². The Morgan fingerprint density at radius 3 is 2.47 bits per heavy atom. The number of imidazole rings is 1. The van der Waals surface area contributed by atoms with Gasteiger partial charge in [0, 0.05) is 18.8 Å². The molecule has 0 bridgehead atoms. The van der Waals surface area contributed by atoms with Gasteiger partial charge in [-0.05, 0) is 12.8 Å². The van der Waals surface area contributed by atoms with Gasteiger partial charge in [0.05, 0.1) is 37.4 Å². The molecule has 1 aliphatic carbocycles. The van der Waals surface area contributed by atoms with E-state index < -0.39 is 5.54 Å². The molecule has 6 nitrogen and oxygen atoms in total. The number of hydrogen-bond acceptors (Lipinski definition) is 5. The Balaban J connectivity index is 1.98. The molecule has 0 aliphatic heterocycles. The summed E-state index contributed by atoms with van der Waals surface area (Å²) in [4.78, 5) is 4.10. The van der Waals surface area contributed by atoms with Crippen LogP contribution in [-0.2, 0) is 6.54 Å². The maximum atomic E-state index is 9.19. The highest BCUT2D eigenvalue weighted by Crippen LogP contribution is 2.35. The van der Waals surface area contributed by atoms with Crippen LogP contribution in [0.4, 0.5) is 0 Å². The van der Waals surface area contributed by atoms with Crippen LogP contribution >= 0.6 is 0 Å². The molecule has 0 spiro atoms. The van der Waals surface area contributed by atoms with Crippen LogP contribution in [0.3, 0.4) is 0 Å². The smallest absolute Gasteiger partial charge is 0.0951 e. The van der Waals surface area contributed by atoms with Crippen LogP contribution in [0.15, 0.2) is 12.5 Å². The Labute approximate surface area is 99.9 Å². The number of rotatable bonds is 7. The molecule has 1 aromatic heterocycles. The van der Waals surface area contributed by atoms with Gasteiger partial charge < -0.3 is 19.9 Å². The van der Waals surface area contributed by atoms with Crippen molar-refractivity contribution >= 4 is 0 Å². The van der Waals surface area contributed by atoms with E-state index in [4.69, 9.17) is 0 Å². The van der Waals surface area contributed by atoms with Gasteiger partial charge in [0.1, 0.15) is 0 Å². The Bertz CT molecular complexity index is 350. The fourth-order valence-corrected chi connectivity index (χ4v) is 1.75. The lowest BCUT2D eigenvalue weighted by Crippen LogP contribution is -2.54. The van der Waals surface area contributed by atoms with Crippen molar-refractivity contribution in [2.45, 2.75) is 31.0 Å². The van der Waals surface area contributed by atoms with Crippen molar-refractivity contribution in [1.82, 2.24) is 14.9 Å². The first-order chi connectivity index (χ1) is 8.24. The molecule has 6 heteroatoms. The lowest BCUT2D eigenvalue weighted by molar-refractivity contribution is 0.0409. The summed E-state index contributed by atoms with van der Waals surface area (Å²) in [5.41, 5.74) is -0.0224. The van der Waals surface area contributed by atoms with Crippen molar-refractivity contribution in [3.05, 3.63) is 18.2 Å². The number of aromatic nitrogens is 2. The van der Waals surface area contributed by atoms with Gasteiger partial charge in [-0.15, -0.1) is 0 Å². The van der Waals surface area contributed by atoms with Gasteiger partial charge in [-0.3, -0.25) is 5.32 Å². The van der Waals surface area contributed by atoms with E-state index in [1.807, 2.05) is 0 Å². The molecule has 0 amide bonds. The van der Waals surface area contributed by atoms with Gasteiger partial charge in [-0.2, -0.15) is 0 Å². The molecule has 17 heavy (non-hydrogen) atoms. The fraction of sp³-hybridized carbons (Fsp3) is 0.727. The van der Waals surface area contributed by atoms with Crippen LogP contribution in [0.2, 0.25) is 0 Å². The van der Waals surface area contributed by atoms with E-state index in [1.165, 1.54) is 12.8 Å². The second-order valence-corrected chi connectivity index (χ2v) is 4.63. The standard InChI is InChI=1S/C11H19N3O3/c15-5-11(6-16,7-17)13-4-10-3-12-8-14(10)9-1-2-9/h3,8-9,13,15-17H,1-2,4-7H2. The van der Waals surface area contributed by atoms with Crippen molar-refractivity contribution in [3.63, 3.8) is 0 Å². The van der Waals surface area contributed by atoms with Gasteiger partial charge in [-0.25, -0.2) is 4.98 Å². The molecular formula is C11H19N3O3. The highest BCUT2D eigenvalue weighted by molar-refractivity contribution is 5.04. The minimum atomic E-state index is -1.03. The normalized spacial score (nSPS) is 16.4. The van der Waals surface area contributed by atoms with Gasteiger partial charge in [-0.1, -0.05) is 0 Å². The molecule has 1 aliphatic rings. The molecule has 0 saturated heterocycles. The summed E-state index contributed by atoms with van der Waals surface area (Å²) in [5.74, 6) is 0. The summed E-state index contributed by atoms with van der Waals surface area (Å²) >= 11 is 0. The van der Waals surface area contributed by atoms with E-state index >= 15 is 0 Å². The monoisotopic (exact) mass is 241 g/mol. The van der Waals surface area contributed by atoms with E-state index in [1.54, 1.807) is 12.5 Å². The number of nitrogens with one attached hydrogen (secondary N) is 1. The van der Waals surface area contributed by atoms with E-state index in [0.29, 0.717) is 12.6 Å². The van der Waals surface area contributed by atoms with E-state index in [2.05, 4.69) is 14.9 Å². The summed E-state index contributed by atoms with van der Waals surface area (Å²) < 4.78 is 2.10. The molecule has 2 rings (SSSR count). The molecule has 1 saturated carbocycles. The molecule has 0 atom stereocenters. The predicted octanol–water partition coefficient (Wildman–Crippen LogP) is -0.977. The van der Waals surface area contributed by atoms with Gasteiger partial charge in [0.2, 0.25) is 0 Å². The quantitative estimate of drug-likeness (QED) is 0.493. The first-order valence-corrected chi connectivity index (χ1v) is 5.83. The van der Waals surface area contributed by atoms with E-state index in [0.717, 1.165) is 5.69 Å². The molecule has 0 unspecified atom stereocenters. The summed E-state index contributed by atoms with van der Waals surface area (Å²) in [5, 5.41) is 30.6. The molecule has 96 valence electrons. The zero-order valence-electron chi connectivity index (χ0n) is 9.71. The highest BCUT2D eigenvalue weighted by atomic mass is 16.3. The predicted molar refractivity (Wildman–Crippen MR) is 61.3 cm³/mol. The molecule has 1 fully saturated rings. The summed E-state index contributed by atoms with van der Waals surface area (Å²) in [6.07, 6.45) is 5.92. The van der Waals surface area contributed by atoms with Crippen molar-refractivity contribution in [3.8, 4) is 0 Å². The van der Waals surface area contributed by atoms with Crippen LogP contribution in [0, 0.1) is 0 Å². The third-order valence-corrected chi connectivity index (χ3v) is 3.24. The lowest BCUT2D eigenvalue weighted by atomic mass is 10.0. The Morgan fingerprint density at radius 1 is 1.29 bits per heavy atom. The largest absolute Gasteiger partial charge is 0.394 e. The zero-order valence-corrected chi connectivity index (χ0v) is 9.71. The second kappa shape index (κ2) is 5.14. The average molecular weight is 241 g/mol. The molecular weight excluding hydrogens is 222 g/mol. The summed E-state index contributed by atoms with van der Waals surface area (Å²) in [7, 11) is 0. The van der Waals surface area contributed by atoms with Crippen LogP contribution < -0.4 is 5.32 Å². The second-order valence-electron chi connectivity index (χ2n) is 4.63. The lowest BCUT2D eigenvalue weighted by Gasteiger charge is -2.28. The van der Waals surface area contributed by atoms with E-state index in [9.17, 15) is 15.3 Å². The Kier molecular flexibility index (Phi) is 3.78. The Morgan fingerprint density at radius 2 is 1.94 bits per heavy atom. The first-order valence-electron chi connectivity index (χ1n) is 5.83. The number of aliphatic hydroxyl groups excluding tert-OH is 3. The van der Waals surface area contributed by atoms with Crippen molar-refractivity contribution in [1.29, 1.82) is 0 Å². The van der Waals surface area contributed by atoms with Crippen molar-refractivity contribution in [2.24, 2.45) is 0 Å². The first kappa shape index (κ1) is 12.5. The SMILES string of the molecule is OCC(CO)(CO)NCc1cncn1C1CC1. The number of nitrogens with zero attached hydrogens (tertiary/aromatic N) is 2. The number of hydrogen-bond donors (Lipinski definition) is 4. The summed E-state index contributed by atoms with van der Waals surface area (Å²) in [6, 6.07) is 0.543. The highest BCUT2D eigenvalue weighted by Gasteiger charge is 2.29. The average Bonchev–Trinajstić information content (AvgIpc) is 3.11. The molecule has 0 aromatic carbocycles. The molecule has 1 aromatic rings. The minimum absolute atomic E-state index is 0.308. The molecule has 4 N–H and O–H groups in total. The maximum Gasteiger partial charge on any atom is 0.0951 e. The minimum Gasteiger partial charge on any atom is -0.394 e. The van der Waals surface area contributed by atoms with Crippen LogP contribution in [0.1, 0.15) is 24.6 Å². The maximum absolute atomic E-state index is 9.19. The van der Waals surface area contributed by atoms with Gasteiger partial charge in [0.15, 0.2) is 0 Å². The number of aliphatic hydroxyl groups is 3. The third kappa shape index (κ3) is 2.66. The topological polar surface area (TPSA) is 90.5 Å². The molecule has 1 heterocycles. The van der Waals surface area contributed by atoms with Gasteiger partial charge >= 0.3 is 0 Å². The zero-order chi connectivity index (χ0) is 12.3. The van der Waals surface area contributed by atoms with Crippen molar-refractivity contribution < 1.29 is 15.3 Å². The van der Waals surface area contributed by atoms with E-state index in [-0.39, 0.29) is 19.8 Å². The Hall–Kier alpha value is -0.950. The van der Waals surface area contributed by atoms with Crippen molar-refractivity contribution in [2.75, 3.05) is 19.8 Å². The van der Waals surface area contributed by atoms with Gasteiger partial charge in [0.25, 0.3) is 0 Å². The molecule has 0 radical (unpaired) electrons. The third-order valence-electron chi connectivity index (χ3n) is 3.24. The summed E-state index contributed by atoms with van der Waals surface area (Å²) in [6.45, 7) is -0.453. The van der Waals surface area contributed by atoms with Crippen LogP contribution in [0.5, 0.6) is 0 Å². The van der Waals surface area contributed by atoms with Crippen LogP contribution in [0.25, 0.3) is 0 Å².